The minimum absolute atomic E-state index is 0. The van der Waals surface area contributed by atoms with Crippen molar-refractivity contribution in [2.24, 2.45) is 0 Å². The van der Waals surface area contributed by atoms with E-state index in [4.69, 9.17) is 24.2 Å². The molecule has 0 unspecified atom stereocenters. The lowest BCUT2D eigenvalue weighted by molar-refractivity contribution is 0.0322. The Hall–Kier alpha value is -2.67. The first-order valence-corrected chi connectivity index (χ1v) is 11.6. The molecule has 1 saturated heterocycles. The molecule has 1 aromatic heterocycles. The fraction of sp³-hybridized carbons (Fsp3) is 0.407. The molecule has 4 rings (SSSR count). The molecule has 2 heterocycles. The summed E-state index contributed by atoms with van der Waals surface area (Å²) in [5.74, 6) is 2.09. The van der Waals surface area contributed by atoms with Crippen molar-refractivity contribution < 1.29 is 14.2 Å². The van der Waals surface area contributed by atoms with Crippen LogP contribution in [0.4, 0.5) is 0 Å². The third-order valence-corrected chi connectivity index (χ3v) is 5.59. The number of rotatable bonds is 8. The number of halogens is 1. The summed E-state index contributed by atoms with van der Waals surface area (Å²) in [7, 11) is 0. The average molecular weight is 484 g/mol. The van der Waals surface area contributed by atoms with Gasteiger partial charge in [0.2, 0.25) is 5.88 Å². The second kappa shape index (κ2) is 12.2. The molecule has 0 N–H and O–H groups in total. The lowest BCUT2D eigenvalue weighted by atomic mass is 9.92. The van der Waals surface area contributed by atoms with E-state index in [0.717, 1.165) is 55.4 Å². The molecule has 3 aromatic rings. The van der Waals surface area contributed by atoms with E-state index in [1.165, 1.54) is 0 Å². The van der Waals surface area contributed by atoms with E-state index in [0.29, 0.717) is 24.9 Å². The number of nitrogens with zero attached hydrogens (tertiary/aromatic N) is 3. The van der Waals surface area contributed by atoms with Crippen LogP contribution in [-0.4, -0.2) is 54.3 Å². The molecule has 2 aromatic carbocycles. The molecular formula is C27H34ClN3O3. The Kier molecular flexibility index (Phi) is 9.28. The summed E-state index contributed by atoms with van der Waals surface area (Å²) >= 11 is 0. The molecule has 0 bridgehead atoms. The van der Waals surface area contributed by atoms with E-state index in [1.54, 1.807) is 0 Å². The van der Waals surface area contributed by atoms with E-state index in [-0.39, 0.29) is 17.8 Å². The zero-order valence-corrected chi connectivity index (χ0v) is 21.0. The summed E-state index contributed by atoms with van der Waals surface area (Å²) in [6.07, 6.45) is 0. The van der Waals surface area contributed by atoms with Gasteiger partial charge in [-0.2, -0.15) is 4.98 Å². The first kappa shape index (κ1) is 25.9. The van der Waals surface area contributed by atoms with Crippen molar-refractivity contribution in [1.82, 2.24) is 14.9 Å². The van der Waals surface area contributed by atoms with Crippen LogP contribution in [0.2, 0.25) is 0 Å². The predicted molar refractivity (Wildman–Crippen MR) is 137 cm³/mol. The zero-order valence-electron chi connectivity index (χ0n) is 20.2. The molecule has 1 aliphatic rings. The van der Waals surface area contributed by atoms with Gasteiger partial charge in [0.25, 0.3) is 0 Å². The van der Waals surface area contributed by atoms with Crippen LogP contribution < -0.4 is 9.47 Å². The SMILES string of the molecule is CC(C)(C)c1cc(OCc2ccccc2)nc(-c2ccc(OCCN3CCOCC3)cc2)n1.Cl. The molecule has 6 nitrogen and oxygen atoms in total. The van der Waals surface area contributed by atoms with Crippen molar-refractivity contribution in [2.75, 3.05) is 39.5 Å². The summed E-state index contributed by atoms with van der Waals surface area (Å²) in [5, 5.41) is 0. The van der Waals surface area contributed by atoms with Crippen LogP contribution >= 0.6 is 12.4 Å². The lowest BCUT2D eigenvalue weighted by Crippen LogP contribution is -2.38. The Morgan fingerprint density at radius 3 is 2.29 bits per heavy atom. The Labute approximate surface area is 208 Å². The van der Waals surface area contributed by atoms with E-state index < -0.39 is 0 Å². The van der Waals surface area contributed by atoms with Crippen LogP contribution in [0.15, 0.2) is 60.7 Å². The maximum atomic E-state index is 6.04. The van der Waals surface area contributed by atoms with Gasteiger partial charge >= 0.3 is 0 Å². The van der Waals surface area contributed by atoms with Gasteiger partial charge in [-0.05, 0) is 29.8 Å². The zero-order chi connectivity index (χ0) is 23.1. The summed E-state index contributed by atoms with van der Waals surface area (Å²) in [6.45, 7) is 12.0. The van der Waals surface area contributed by atoms with Gasteiger partial charge in [0.15, 0.2) is 5.82 Å². The third-order valence-electron chi connectivity index (χ3n) is 5.59. The van der Waals surface area contributed by atoms with Gasteiger partial charge in [-0.1, -0.05) is 51.1 Å². The third kappa shape index (κ3) is 7.42. The maximum absolute atomic E-state index is 6.04. The van der Waals surface area contributed by atoms with Crippen LogP contribution in [-0.2, 0) is 16.8 Å². The molecule has 0 aliphatic carbocycles. The molecule has 0 amide bonds. The highest BCUT2D eigenvalue weighted by Gasteiger charge is 2.19. The number of hydrogen-bond donors (Lipinski definition) is 0. The van der Waals surface area contributed by atoms with Gasteiger partial charge in [0.05, 0.1) is 18.9 Å². The van der Waals surface area contributed by atoms with Crippen LogP contribution in [0.5, 0.6) is 11.6 Å². The van der Waals surface area contributed by atoms with Crippen molar-refractivity contribution in [3.8, 4) is 23.0 Å². The van der Waals surface area contributed by atoms with Crippen LogP contribution in [0.3, 0.4) is 0 Å². The van der Waals surface area contributed by atoms with Gasteiger partial charge in [0.1, 0.15) is 19.0 Å². The van der Waals surface area contributed by atoms with Gasteiger partial charge in [0, 0.05) is 36.7 Å². The smallest absolute Gasteiger partial charge is 0.217 e. The fourth-order valence-electron chi connectivity index (χ4n) is 3.56. The first-order valence-electron chi connectivity index (χ1n) is 11.6. The quantitative estimate of drug-likeness (QED) is 0.441. The number of ether oxygens (including phenoxy) is 3. The number of hydrogen-bond acceptors (Lipinski definition) is 6. The van der Waals surface area contributed by atoms with E-state index >= 15 is 0 Å². The average Bonchev–Trinajstić information content (AvgIpc) is 2.84. The largest absolute Gasteiger partial charge is 0.492 e. The highest BCUT2D eigenvalue weighted by atomic mass is 35.5. The molecule has 1 fully saturated rings. The van der Waals surface area contributed by atoms with Crippen molar-refractivity contribution in [3.63, 3.8) is 0 Å². The summed E-state index contributed by atoms with van der Waals surface area (Å²) in [4.78, 5) is 11.9. The van der Waals surface area contributed by atoms with Gasteiger partial charge in [-0.3, -0.25) is 4.90 Å². The van der Waals surface area contributed by atoms with Crippen molar-refractivity contribution in [1.29, 1.82) is 0 Å². The molecule has 7 heteroatoms. The lowest BCUT2D eigenvalue weighted by Gasteiger charge is -2.26. The molecule has 0 saturated carbocycles. The van der Waals surface area contributed by atoms with Crippen molar-refractivity contribution in [2.45, 2.75) is 32.8 Å². The predicted octanol–water partition coefficient (Wildman–Crippen LogP) is 5.15. The number of aromatic nitrogens is 2. The topological polar surface area (TPSA) is 56.7 Å². The summed E-state index contributed by atoms with van der Waals surface area (Å²) in [5.41, 5.74) is 2.87. The van der Waals surface area contributed by atoms with Crippen LogP contribution in [0.1, 0.15) is 32.0 Å². The molecule has 34 heavy (non-hydrogen) atoms. The van der Waals surface area contributed by atoms with Crippen molar-refractivity contribution >= 4 is 12.4 Å². The summed E-state index contributed by atoms with van der Waals surface area (Å²) in [6, 6.07) is 20.0. The molecule has 182 valence electrons. The highest BCUT2D eigenvalue weighted by Crippen LogP contribution is 2.28. The van der Waals surface area contributed by atoms with Crippen LogP contribution in [0, 0.1) is 0 Å². The highest BCUT2D eigenvalue weighted by molar-refractivity contribution is 5.85. The van der Waals surface area contributed by atoms with Gasteiger partial charge < -0.3 is 14.2 Å². The van der Waals surface area contributed by atoms with Crippen molar-refractivity contribution in [3.05, 3.63) is 71.9 Å². The number of morpholine rings is 1. The Balaban J connectivity index is 0.00000324. The molecular weight excluding hydrogens is 450 g/mol. The standard InChI is InChI=1S/C27H33N3O3.ClH/c1-27(2,3)24-19-25(33-20-21-7-5-4-6-8-21)29-26(28-24)22-9-11-23(12-10-22)32-18-15-30-13-16-31-17-14-30;/h4-12,19H,13-18,20H2,1-3H3;1H. The van der Waals surface area contributed by atoms with Gasteiger partial charge in [-0.25, -0.2) is 4.98 Å². The molecule has 1 aliphatic heterocycles. The second-order valence-corrected chi connectivity index (χ2v) is 9.27. The molecule has 0 radical (unpaired) electrons. The molecule has 0 atom stereocenters. The fourth-order valence-corrected chi connectivity index (χ4v) is 3.56. The van der Waals surface area contributed by atoms with E-state index in [1.807, 2.05) is 60.7 Å². The van der Waals surface area contributed by atoms with Gasteiger partial charge in [-0.15, -0.1) is 12.4 Å². The monoisotopic (exact) mass is 483 g/mol. The Bertz CT molecular complexity index is 1020. The summed E-state index contributed by atoms with van der Waals surface area (Å²) < 4.78 is 17.4. The van der Waals surface area contributed by atoms with Crippen LogP contribution in [0.25, 0.3) is 11.4 Å². The molecule has 0 spiro atoms. The Morgan fingerprint density at radius 2 is 1.62 bits per heavy atom. The normalized spacial score (nSPS) is 14.3. The maximum Gasteiger partial charge on any atom is 0.217 e. The van der Waals surface area contributed by atoms with E-state index in [2.05, 4.69) is 25.7 Å². The number of benzene rings is 2. The Morgan fingerprint density at radius 1 is 0.912 bits per heavy atom. The first-order chi connectivity index (χ1) is 16.0. The second-order valence-electron chi connectivity index (χ2n) is 9.27. The minimum Gasteiger partial charge on any atom is -0.492 e. The minimum atomic E-state index is -0.120. The van der Waals surface area contributed by atoms with E-state index in [9.17, 15) is 0 Å².